The zero-order valence-electron chi connectivity index (χ0n) is 14.2. The SMILES string of the molecule is O=C(Cn1cnc2c(nnn2-c2ccc(F)cc2)c1=O)Nc1ccccc1F. The number of anilines is 1. The molecule has 0 spiro atoms. The Balaban J connectivity index is 1.62. The Morgan fingerprint density at radius 3 is 2.57 bits per heavy atom. The van der Waals surface area contributed by atoms with E-state index in [1.165, 1.54) is 53.5 Å². The smallest absolute Gasteiger partial charge is 0.284 e. The third-order valence-electron chi connectivity index (χ3n) is 3.96. The van der Waals surface area contributed by atoms with Crippen LogP contribution in [0.2, 0.25) is 0 Å². The molecule has 0 aliphatic rings. The normalized spacial score (nSPS) is 10.9. The number of hydrogen-bond acceptors (Lipinski definition) is 5. The molecule has 8 nitrogen and oxygen atoms in total. The van der Waals surface area contributed by atoms with Gasteiger partial charge in [-0.2, -0.15) is 4.68 Å². The summed E-state index contributed by atoms with van der Waals surface area (Å²) in [5.74, 6) is -1.59. The minimum absolute atomic E-state index is 0.0110. The van der Waals surface area contributed by atoms with Crippen molar-refractivity contribution in [1.82, 2.24) is 24.5 Å². The summed E-state index contributed by atoms with van der Waals surface area (Å²) >= 11 is 0. The summed E-state index contributed by atoms with van der Waals surface area (Å²) in [5.41, 5.74) is 0.0256. The van der Waals surface area contributed by atoms with Crippen LogP contribution in [0.1, 0.15) is 0 Å². The van der Waals surface area contributed by atoms with E-state index in [0.717, 1.165) is 4.57 Å². The molecule has 0 bridgehead atoms. The van der Waals surface area contributed by atoms with Crippen LogP contribution in [0.3, 0.4) is 0 Å². The minimum atomic E-state index is -0.598. The van der Waals surface area contributed by atoms with Crippen molar-refractivity contribution < 1.29 is 13.6 Å². The van der Waals surface area contributed by atoms with Crippen LogP contribution in [0.4, 0.5) is 14.5 Å². The molecule has 4 aromatic rings. The summed E-state index contributed by atoms with van der Waals surface area (Å²) in [6, 6.07) is 11.1. The number of carbonyl (C=O) groups is 1. The molecule has 0 unspecified atom stereocenters. The van der Waals surface area contributed by atoms with E-state index in [9.17, 15) is 18.4 Å². The number of carbonyl (C=O) groups excluding carboxylic acids is 1. The van der Waals surface area contributed by atoms with Crippen molar-refractivity contribution in [3.8, 4) is 5.69 Å². The van der Waals surface area contributed by atoms with Crippen LogP contribution in [0.15, 0.2) is 59.7 Å². The third-order valence-corrected chi connectivity index (χ3v) is 3.96. The van der Waals surface area contributed by atoms with E-state index in [1.54, 1.807) is 6.07 Å². The minimum Gasteiger partial charge on any atom is -0.322 e. The number of benzene rings is 2. The molecule has 28 heavy (non-hydrogen) atoms. The number of nitrogens with one attached hydrogen (secondary N) is 1. The molecule has 2 heterocycles. The summed E-state index contributed by atoms with van der Waals surface area (Å²) in [5, 5.41) is 10.1. The van der Waals surface area contributed by atoms with Crippen LogP contribution in [0, 0.1) is 11.6 Å². The van der Waals surface area contributed by atoms with Crippen molar-refractivity contribution in [1.29, 1.82) is 0 Å². The van der Waals surface area contributed by atoms with Gasteiger partial charge in [0.05, 0.1) is 11.4 Å². The molecule has 0 aliphatic carbocycles. The van der Waals surface area contributed by atoms with E-state index < -0.39 is 23.1 Å². The number of rotatable bonds is 4. The lowest BCUT2D eigenvalue weighted by atomic mass is 10.3. The first-order valence-corrected chi connectivity index (χ1v) is 8.14. The predicted octanol–water partition coefficient (Wildman–Crippen LogP) is 1.89. The zero-order valence-corrected chi connectivity index (χ0v) is 14.2. The van der Waals surface area contributed by atoms with Gasteiger partial charge in [-0.15, -0.1) is 5.10 Å². The Morgan fingerprint density at radius 1 is 1.07 bits per heavy atom. The molecule has 0 radical (unpaired) electrons. The number of para-hydroxylation sites is 1. The number of amides is 1. The third kappa shape index (κ3) is 3.22. The van der Waals surface area contributed by atoms with Crippen molar-refractivity contribution in [3.05, 3.63) is 76.8 Å². The highest BCUT2D eigenvalue weighted by Crippen LogP contribution is 2.13. The summed E-state index contributed by atoms with van der Waals surface area (Å²) in [7, 11) is 0. The molecule has 1 amide bonds. The lowest BCUT2D eigenvalue weighted by Gasteiger charge is -2.08. The number of aromatic nitrogens is 5. The van der Waals surface area contributed by atoms with Crippen molar-refractivity contribution in [3.63, 3.8) is 0 Å². The van der Waals surface area contributed by atoms with E-state index in [0.29, 0.717) is 5.69 Å². The van der Waals surface area contributed by atoms with Gasteiger partial charge in [0, 0.05) is 0 Å². The highest BCUT2D eigenvalue weighted by Gasteiger charge is 2.15. The van der Waals surface area contributed by atoms with Gasteiger partial charge in [-0.05, 0) is 36.4 Å². The number of halogens is 2. The van der Waals surface area contributed by atoms with Crippen molar-refractivity contribution in [2.75, 3.05) is 5.32 Å². The highest BCUT2D eigenvalue weighted by molar-refractivity contribution is 5.90. The summed E-state index contributed by atoms with van der Waals surface area (Å²) < 4.78 is 29.0. The van der Waals surface area contributed by atoms with Crippen LogP contribution < -0.4 is 10.9 Å². The standard InChI is InChI=1S/C18H12F2N6O2/c19-11-5-7-12(8-6-11)26-17-16(23-24-26)18(28)25(10-21-17)9-15(27)22-14-4-2-1-3-13(14)20/h1-8,10H,9H2,(H,22,27). The highest BCUT2D eigenvalue weighted by atomic mass is 19.1. The maximum Gasteiger partial charge on any atom is 0.284 e. The fourth-order valence-electron chi connectivity index (χ4n) is 2.62. The molecule has 2 aromatic heterocycles. The molecule has 0 fully saturated rings. The average molecular weight is 382 g/mol. The van der Waals surface area contributed by atoms with Gasteiger partial charge in [-0.1, -0.05) is 17.3 Å². The van der Waals surface area contributed by atoms with Gasteiger partial charge in [-0.25, -0.2) is 13.8 Å². The van der Waals surface area contributed by atoms with Crippen LogP contribution in [0.5, 0.6) is 0 Å². The Hall–Kier alpha value is -3.95. The van der Waals surface area contributed by atoms with Crippen molar-refractivity contribution >= 4 is 22.8 Å². The quantitative estimate of drug-likeness (QED) is 0.582. The first-order valence-electron chi connectivity index (χ1n) is 8.14. The largest absolute Gasteiger partial charge is 0.322 e. The Kier molecular flexibility index (Phi) is 4.36. The molecule has 0 atom stereocenters. The first kappa shape index (κ1) is 17.5. The van der Waals surface area contributed by atoms with Crippen LogP contribution >= 0.6 is 0 Å². The lowest BCUT2D eigenvalue weighted by molar-refractivity contribution is -0.116. The van der Waals surface area contributed by atoms with E-state index in [-0.39, 0.29) is 23.4 Å². The molecule has 2 aromatic carbocycles. The monoisotopic (exact) mass is 382 g/mol. The Morgan fingerprint density at radius 2 is 1.82 bits per heavy atom. The lowest BCUT2D eigenvalue weighted by Crippen LogP contribution is -2.28. The van der Waals surface area contributed by atoms with Crippen molar-refractivity contribution in [2.45, 2.75) is 6.54 Å². The molecule has 0 saturated heterocycles. The molecule has 10 heteroatoms. The van der Waals surface area contributed by atoms with E-state index >= 15 is 0 Å². The molecular formula is C18H12F2N6O2. The topological polar surface area (TPSA) is 94.7 Å². The predicted molar refractivity (Wildman–Crippen MR) is 95.9 cm³/mol. The van der Waals surface area contributed by atoms with E-state index in [4.69, 9.17) is 0 Å². The Bertz CT molecular complexity index is 1230. The second-order valence-corrected chi connectivity index (χ2v) is 5.86. The van der Waals surface area contributed by atoms with Gasteiger partial charge in [0.1, 0.15) is 24.5 Å². The van der Waals surface area contributed by atoms with Gasteiger partial charge in [0.2, 0.25) is 5.91 Å². The summed E-state index contributed by atoms with van der Waals surface area (Å²) in [6.07, 6.45) is 1.18. The molecule has 0 saturated carbocycles. The molecular weight excluding hydrogens is 370 g/mol. The van der Waals surface area contributed by atoms with E-state index in [2.05, 4.69) is 20.6 Å². The zero-order chi connectivity index (χ0) is 19.7. The van der Waals surface area contributed by atoms with Crippen LogP contribution in [-0.4, -0.2) is 30.5 Å². The average Bonchev–Trinajstić information content (AvgIpc) is 3.11. The second kappa shape index (κ2) is 6.99. The van der Waals surface area contributed by atoms with Crippen LogP contribution in [-0.2, 0) is 11.3 Å². The first-order chi connectivity index (χ1) is 13.5. The fraction of sp³-hybridized carbons (Fsp3) is 0.0556. The van der Waals surface area contributed by atoms with Gasteiger partial charge in [0.15, 0.2) is 11.2 Å². The molecule has 1 N–H and O–H groups in total. The fourth-order valence-corrected chi connectivity index (χ4v) is 2.62. The summed E-state index contributed by atoms with van der Waals surface area (Å²) in [6.45, 7) is -0.375. The van der Waals surface area contributed by atoms with E-state index in [1.807, 2.05) is 0 Å². The van der Waals surface area contributed by atoms with Gasteiger partial charge < -0.3 is 5.32 Å². The van der Waals surface area contributed by atoms with Crippen LogP contribution in [0.25, 0.3) is 16.9 Å². The number of fused-ring (bicyclic) bond motifs is 1. The molecule has 4 rings (SSSR count). The maximum absolute atomic E-state index is 13.6. The van der Waals surface area contributed by atoms with Gasteiger partial charge in [-0.3, -0.25) is 14.2 Å². The number of hydrogen-bond donors (Lipinski definition) is 1. The molecule has 0 aliphatic heterocycles. The van der Waals surface area contributed by atoms with Gasteiger partial charge in [0.25, 0.3) is 5.56 Å². The van der Waals surface area contributed by atoms with Gasteiger partial charge >= 0.3 is 0 Å². The maximum atomic E-state index is 13.6. The molecule has 140 valence electrons. The second-order valence-electron chi connectivity index (χ2n) is 5.86. The summed E-state index contributed by atoms with van der Waals surface area (Å²) in [4.78, 5) is 28.8. The van der Waals surface area contributed by atoms with Crippen molar-refractivity contribution in [2.24, 2.45) is 0 Å². The Labute approximate surface area is 156 Å². The number of nitrogens with zero attached hydrogens (tertiary/aromatic N) is 5.